The molecule has 236 valence electrons. The van der Waals surface area contributed by atoms with Crippen molar-refractivity contribution < 1.29 is 45.8 Å². The summed E-state index contributed by atoms with van der Waals surface area (Å²) in [6, 6.07) is 20.7. The Labute approximate surface area is 257 Å². The molecule has 2 aliphatic heterocycles. The summed E-state index contributed by atoms with van der Waals surface area (Å²) in [6.07, 6.45) is -2.46. The molecule has 12 heteroatoms. The quantitative estimate of drug-likeness (QED) is 0.218. The topological polar surface area (TPSA) is 128 Å². The first-order valence-corrected chi connectivity index (χ1v) is 15.6. The van der Waals surface area contributed by atoms with Crippen LogP contribution in [0.4, 0.5) is 0 Å². The number of hydrogen-bond acceptors (Lipinski definition) is 10. The number of ether oxygens (including phenoxy) is 6. The molecule has 2 heterocycles. The van der Waals surface area contributed by atoms with Gasteiger partial charge in [-0.25, -0.2) is 0 Å². The molecular weight excluding hydrogens is 590 g/mol. The summed E-state index contributed by atoms with van der Waals surface area (Å²) < 4.78 is 66.8. The van der Waals surface area contributed by atoms with Crippen LogP contribution in [-0.4, -0.2) is 72.3 Å². The Hall–Kier alpha value is -3.52. The van der Waals surface area contributed by atoms with Gasteiger partial charge in [-0.15, -0.1) is 0 Å². The molecule has 0 unspecified atom stereocenters. The van der Waals surface area contributed by atoms with E-state index in [2.05, 4.69) is 5.32 Å². The molecule has 11 nitrogen and oxygen atoms in total. The molecule has 1 amide bonds. The number of methoxy groups -OCH3 is 1. The summed E-state index contributed by atoms with van der Waals surface area (Å²) in [5.74, 6) is -0.723. The van der Waals surface area contributed by atoms with E-state index in [4.69, 9.17) is 32.6 Å². The van der Waals surface area contributed by atoms with Gasteiger partial charge in [0.05, 0.1) is 17.6 Å². The van der Waals surface area contributed by atoms with Gasteiger partial charge in [-0.05, 0) is 62.7 Å². The van der Waals surface area contributed by atoms with Crippen molar-refractivity contribution in [1.82, 2.24) is 5.32 Å². The highest BCUT2D eigenvalue weighted by Crippen LogP contribution is 2.40. The monoisotopic (exact) mass is 627 g/mol. The van der Waals surface area contributed by atoms with Crippen LogP contribution in [0.5, 0.6) is 11.5 Å². The van der Waals surface area contributed by atoms with Gasteiger partial charge in [0.2, 0.25) is 6.79 Å². The molecule has 3 aromatic rings. The summed E-state index contributed by atoms with van der Waals surface area (Å²) in [5, 5.41) is 3.01. The van der Waals surface area contributed by atoms with Gasteiger partial charge in [0, 0.05) is 25.1 Å². The van der Waals surface area contributed by atoms with Crippen molar-refractivity contribution in [2.24, 2.45) is 0 Å². The van der Waals surface area contributed by atoms with Crippen molar-refractivity contribution in [3.63, 3.8) is 0 Å². The molecular formula is C32H37NO10S. The Morgan fingerprint density at radius 1 is 1.00 bits per heavy atom. The zero-order valence-corrected chi connectivity index (χ0v) is 25.9. The average Bonchev–Trinajstić information content (AvgIpc) is 3.61. The lowest BCUT2D eigenvalue weighted by Gasteiger charge is -2.33. The van der Waals surface area contributed by atoms with Gasteiger partial charge in [-0.3, -0.25) is 8.98 Å². The van der Waals surface area contributed by atoms with Crippen molar-refractivity contribution >= 4 is 16.0 Å². The fourth-order valence-electron chi connectivity index (χ4n) is 5.25. The maximum atomic E-state index is 13.1. The number of amides is 1. The van der Waals surface area contributed by atoms with E-state index in [1.807, 2.05) is 25.1 Å². The highest BCUT2D eigenvalue weighted by Gasteiger charge is 2.49. The molecule has 1 N–H and O–H groups in total. The van der Waals surface area contributed by atoms with E-state index in [-0.39, 0.29) is 37.5 Å². The molecule has 44 heavy (non-hydrogen) atoms. The Bertz CT molecular complexity index is 1530. The van der Waals surface area contributed by atoms with E-state index >= 15 is 0 Å². The lowest BCUT2D eigenvalue weighted by Crippen LogP contribution is -2.46. The Morgan fingerprint density at radius 2 is 1.73 bits per heavy atom. The third-order valence-corrected chi connectivity index (χ3v) is 8.66. The Kier molecular flexibility index (Phi) is 9.88. The van der Waals surface area contributed by atoms with Gasteiger partial charge < -0.3 is 33.7 Å². The van der Waals surface area contributed by atoms with Crippen molar-refractivity contribution in [2.45, 2.75) is 55.7 Å². The van der Waals surface area contributed by atoms with E-state index in [1.54, 1.807) is 56.3 Å². The molecule has 1 fully saturated rings. The number of rotatable bonds is 13. The fourth-order valence-corrected chi connectivity index (χ4v) is 6.17. The second-order valence-electron chi connectivity index (χ2n) is 11.0. The first kappa shape index (κ1) is 31.9. The van der Waals surface area contributed by atoms with Gasteiger partial charge in [0.25, 0.3) is 16.0 Å². The first-order valence-electron chi connectivity index (χ1n) is 14.2. The minimum atomic E-state index is -4.09. The van der Waals surface area contributed by atoms with E-state index in [1.165, 1.54) is 19.2 Å². The summed E-state index contributed by atoms with van der Waals surface area (Å²) in [5.41, 5.74) is 2.19. The lowest BCUT2D eigenvalue weighted by molar-refractivity contribution is -0.173. The number of hydrogen-bond donors (Lipinski definition) is 1. The minimum absolute atomic E-state index is 0.0341. The SMILES string of the molecule is COCO[C@H]([C@@H]1OC(C)(C)O[C@H]1COS(=O)(=O)c1ccc(C)cc1)[C@H](CNC(=O)c1ccccc1)c1ccc2c(c1)OCO2. The van der Waals surface area contributed by atoms with Crippen molar-refractivity contribution in [2.75, 3.05) is 33.8 Å². The maximum absolute atomic E-state index is 13.1. The standard InChI is InChI=1S/C32H37NO10S/c1-21-10-13-24(14-11-21)44(35,36)41-18-28-30(43-32(2,3)42-28)29(40-19-37-4)25(17-33-31(34)22-8-6-5-7-9-22)23-12-15-26-27(16-23)39-20-38-26/h5-16,25,28-30H,17-20H2,1-4H3,(H,33,34)/t25-,28+,29+,30-/m1/s1. The molecule has 0 spiro atoms. The molecule has 0 aromatic heterocycles. The van der Waals surface area contributed by atoms with Gasteiger partial charge in [0.1, 0.15) is 19.0 Å². The largest absolute Gasteiger partial charge is 0.454 e. The maximum Gasteiger partial charge on any atom is 0.297 e. The minimum Gasteiger partial charge on any atom is -0.454 e. The van der Waals surface area contributed by atoms with Crippen molar-refractivity contribution in [3.05, 3.63) is 89.5 Å². The molecule has 2 aliphatic rings. The number of carbonyl (C=O) groups excluding carboxylic acids is 1. The normalized spacial score (nSPS) is 20.3. The van der Waals surface area contributed by atoms with Crippen molar-refractivity contribution in [1.29, 1.82) is 0 Å². The van der Waals surface area contributed by atoms with Gasteiger partial charge in [0.15, 0.2) is 17.3 Å². The molecule has 3 aromatic carbocycles. The summed E-state index contributed by atoms with van der Waals surface area (Å²) >= 11 is 0. The predicted octanol–water partition coefficient (Wildman–Crippen LogP) is 4.15. The van der Waals surface area contributed by atoms with Crippen LogP contribution in [-0.2, 0) is 33.2 Å². The molecule has 0 radical (unpaired) electrons. The van der Waals surface area contributed by atoms with Gasteiger partial charge in [-0.1, -0.05) is 42.0 Å². The lowest BCUT2D eigenvalue weighted by atomic mass is 9.87. The number of benzene rings is 3. The molecule has 4 atom stereocenters. The highest BCUT2D eigenvalue weighted by molar-refractivity contribution is 7.86. The molecule has 1 saturated heterocycles. The number of fused-ring (bicyclic) bond motifs is 1. The van der Waals surface area contributed by atoms with E-state index in [9.17, 15) is 13.2 Å². The average molecular weight is 628 g/mol. The summed E-state index contributed by atoms with van der Waals surface area (Å²) in [6.45, 7) is 5.13. The second kappa shape index (κ2) is 13.6. The third-order valence-electron chi connectivity index (χ3n) is 7.36. The van der Waals surface area contributed by atoms with Crippen LogP contribution >= 0.6 is 0 Å². The molecule has 0 saturated carbocycles. The van der Waals surface area contributed by atoms with Crippen LogP contribution in [0.15, 0.2) is 77.7 Å². The van der Waals surface area contributed by atoms with E-state index in [0.29, 0.717) is 17.1 Å². The Morgan fingerprint density at radius 3 is 2.45 bits per heavy atom. The van der Waals surface area contributed by atoms with Crippen LogP contribution in [0.3, 0.4) is 0 Å². The second-order valence-corrected chi connectivity index (χ2v) is 12.6. The Balaban J connectivity index is 1.45. The third kappa shape index (κ3) is 7.57. The number of nitrogens with one attached hydrogen (secondary N) is 1. The molecule has 0 bridgehead atoms. The van der Waals surface area contributed by atoms with Crippen LogP contribution in [0.25, 0.3) is 0 Å². The smallest absolute Gasteiger partial charge is 0.297 e. The van der Waals surface area contributed by atoms with Gasteiger partial charge in [-0.2, -0.15) is 8.42 Å². The van der Waals surface area contributed by atoms with E-state index in [0.717, 1.165) is 11.1 Å². The van der Waals surface area contributed by atoms with E-state index < -0.39 is 40.1 Å². The van der Waals surface area contributed by atoms with Crippen LogP contribution < -0.4 is 14.8 Å². The fraction of sp³-hybridized carbons (Fsp3) is 0.406. The molecule has 0 aliphatic carbocycles. The zero-order chi connectivity index (χ0) is 31.3. The zero-order valence-electron chi connectivity index (χ0n) is 25.1. The summed E-state index contributed by atoms with van der Waals surface area (Å²) in [4.78, 5) is 13.1. The molecule has 5 rings (SSSR count). The highest BCUT2D eigenvalue weighted by atomic mass is 32.2. The predicted molar refractivity (Wildman–Crippen MR) is 159 cm³/mol. The van der Waals surface area contributed by atoms with Crippen molar-refractivity contribution in [3.8, 4) is 11.5 Å². The van der Waals surface area contributed by atoms with Crippen LogP contribution in [0, 0.1) is 6.92 Å². The van der Waals surface area contributed by atoms with Crippen LogP contribution in [0.1, 0.15) is 41.3 Å². The van der Waals surface area contributed by atoms with Crippen LogP contribution in [0.2, 0.25) is 0 Å². The summed E-state index contributed by atoms with van der Waals surface area (Å²) in [7, 11) is -2.59. The van der Waals surface area contributed by atoms with Gasteiger partial charge >= 0.3 is 0 Å². The first-order chi connectivity index (χ1) is 21.1. The number of aryl methyl sites for hydroxylation is 1. The number of carbonyl (C=O) groups is 1.